The van der Waals surface area contributed by atoms with Gasteiger partial charge in [0.1, 0.15) is 11.5 Å². The monoisotopic (exact) mass is 411 g/mol. The molecular formula is C19H19Cl2NO5. The van der Waals surface area contributed by atoms with Crippen molar-refractivity contribution in [2.45, 2.75) is 13.8 Å². The summed E-state index contributed by atoms with van der Waals surface area (Å²) in [6, 6.07) is 8.31. The lowest BCUT2D eigenvalue weighted by atomic mass is 10.2. The van der Waals surface area contributed by atoms with Gasteiger partial charge in [-0.15, -0.1) is 0 Å². The Hall–Kier alpha value is -2.44. The fraction of sp³-hybridized carbons (Fsp3) is 0.263. The van der Waals surface area contributed by atoms with Gasteiger partial charge in [0, 0.05) is 16.1 Å². The molecule has 1 N–H and O–H groups in total. The van der Waals surface area contributed by atoms with E-state index in [2.05, 4.69) is 5.32 Å². The molecule has 0 atom stereocenters. The molecule has 0 saturated carbocycles. The van der Waals surface area contributed by atoms with E-state index in [4.69, 9.17) is 37.4 Å². The van der Waals surface area contributed by atoms with Gasteiger partial charge in [0.05, 0.1) is 12.8 Å². The molecule has 2 aromatic rings. The van der Waals surface area contributed by atoms with Crippen LogP contribution >= 0.6 is 23.2 Å². The summed E-state index contributed by atoms with van der Waals surface area (Å²) in [5.41, 5.74) is 2.00. The minimum atomic E-state index is -0.668. The number of hydrogen-bond donors (Lipinski definition) is 1. The molecule has 0 aromatic heterocycles. The number of carbonyl (C=O) groups is 2. The molecule has 0 aliphatic heterocycles. The lowest BCUT2D eigenvalue weighted by Crippen LogP contribution is -2.24. The fourth-order valence-electron chi connectivity index (χ4n) is 2.22. The first kappa shape index (κ1) is 20.9. The Labute approximate surface area is 167 Å². The third-order valence-electron chi connectivity index (χ3n) is 3.60. The smallest absolute Gasteiger partial charge is 0.344 e. The highest BCUT2D eigenvalue weighted by atomic mass is 35.5. The van der Waals surface area contributed by atoms with E-state index < -0.39 is 18.5 Å². The Kier molecular flexibility index (Phi) is 7.33. The molecule has 6 nitrogen and oxygen atoms in total. The Morgan fingerprint density at radius 3 is 2.41 bits per heavy atom. The first-order valence-electron chi connectivity index (χ1n) is 7.98. The van der Waals surface area contributed by atoms with Crippen LogP contribution in [0.3, 0.4) is 0 Å². The lowest BCUT2D eigenvalue weighted by molar-refractivity contribution is -0.149. The van der Waals surface area contributed by atoms with Crippen LogP contribution < -0.4 is 14.8 Å². The number of anilines is 1. The highest BCUT2D eigenvalue weighted by molar-refractivity contribution is 6.31. The van der Waals surface area contributed by atoms with E-state index in [1.54, 1.807) is 37.3 Å². The maximum atomic E-state index is 12.0. The van der Waals surface area contributed by atoms with E-state index in [1.165, 1.54) is 7.11 Å². The van der Waals surface area contributed by atoms with E-state index in [9.17, 15) is 9.59 Å². The molecule has 0 radical (unpaired) electrons. The molecule has 0 unspecified atom stereocenters. The Morgan fingerprint density at radius 2 is 1.74 bits per heavy atom. The summed E-state index contributed by atoms with van der Waals surface area (Å²) in [6.07, 6.45) is 0. The van der Waals surface area contributed by atoms with Crippen LogP contribution in [0.5, 0.6) is 11.5 Å². The molecule has 0 spiro atoms. The van der Waals surface area contributed by atoms with Crippen molar-refractivity contribution in [1.82, 2.24) is 0 Å². The molecule has 2 rings (SSSR count). The van der Waals surface area contributed by atoms with Gasteiger partial charge < -0.3 is 19.5 Å². The van der Waals surface area contributed by atoms with Crippen LogP contribution in [-0.4, -0.2) is 32.2 Å². The molecule has 27 heavy (non-hydrogen) atoms. The predicted octanol–water partition coefficient (Wildman–Crippen LogP) is 4.18. The number of rotatable bonds is 7. The highest BCUT2D eigenvalue weighted by Gasteiger charge is 2.13. The van der Waals surface area contributed by atoms with Crippen LogP contribution in [0.15, 0.2) is 30.3 Å². The van der Waals surface area contributed by atoms with E-state index >= 15 is 0 Å². The summed E-state index contributed by atoms with van der Waals surface area (Å²) < 4.78 is 15.5. The number of aryl methyl sites for hydroxylation is 2. The second-order valence-electron chi connectivity index (χ2n) is 5.71. The van der Waals surface area contributed by atoms with Crippen molar-refractivity contribution in [3.63, 3.8) is 0 Å². The molecule has 0 aliphatic carbocycles. The summed E-state index contributed by atoms with van der Waals surface area (Å²) in [6.45, 7) is 2.83. The zero-order valence-electron chi connectivity index (χ0n) is 15.1. The summed E-state index contributed by atoms with van der Waals surface area (Å²) >= 11 is 11.9. The zero-order chi connectivity index (χ0) is 20.0. The van der Waals surface area contributed by atoms with Crippen LogP contribution in [0.1, 0.15) is 11.1 Å². The molecule has 0 heterocycles. The van der Waals surface area contributed by atoms with Crippen molar-refractivity contribution in [2.24, 2.45) is 0 Å². The molecule has 0 saturated heterocycles. The molecule has 0 fully saturated rings. The Morgan fingerprint density at radius 1 is 1.00 bits per heavy atom. The van der Waals surface area contributed by atoms with Gasteiger partial charge in [0.15, 0.2) is 13.2 Å². The van der Waals surface area contributed by atoms with Crippen LogP contribution in [-0.2, 0) is 14.3 Å². The SMILES string of the molecule is COc1cc(Cl)c(C)cc1NC(=O)COC(=O)COc1ccc(Cl)cc1C. The number of esters is 1. The number of benzene rings is 2. The van der Waals surface area contributed by atoms with Gasteiger partial charge in [0.2, 0.25) is 0 Å². The van der Waals surface area contributed by atoms with Gasteiger partial charge >= 0.3 is 5.97 Å². The summed E-state index contributed by atoms with van der Waals surface area (Å²) in [5.74, 6) is -0.251. The zero-order valence-corrected chi connectivity index (χ0v) is 16.6. The molecule has 0 bridgehead atoms. The molecule has 1 amide bonds. The quantitative estimate of drug-likeness (QED) is 0.691. The summed E-state index contributed by atoms with van der Waals surface area (Å²) in [7, 11) is 1.47. The largest absolute Gasteiger partial charge is 0.495 e. The minimum absolute atomic E-state index is 0.320. The van der Waals surface area contributed by atoms with Crippen molar-refractivity contribution in [1.29, 1.82) is 0 Å². The van der Waals surface area contributed by atoms with Crippen molar-refractivity contribution in [3.05, 3.63) is 51.5 Å². The molecule has 0 aliphatic rings. The third-order valence-corrected chi connectivity index (χ3v) is 4.24. The van der Waals surface area contributed by atoms with Crippen LogP contribution in [0.2, 0.25) is 10.0 Å². The summed E-state index contributed by atoms with van der Waals surface area (Å²) in [4.78, 5) is 23.8. The van der Waals surface area contributed by atoms with Gasteiger partial charge in [-0.25, -0.2) is 4.79 Å². The number of ether oxygens (including phenoxy) is 3. The van der Waals surface area contributed by atoms with Gasteiger partial charge in [0.25, 0.3) is 5.91 Å². The number of amides is 1. The number of halogens is 2. The number of methoxy groups -OCH3 is 1. The van der Waals surface area contributed by atoms with Gasteiger partial charge in [-0.05, 0) is 49.2 Å². The van der Waals surface area contributed by atoms with E-state index in [0.29, 0.717) is 27.2 Å². The average Bonchev–Trinajstić information content (AvgIpc) is 2.62. The maximum absolute atomic E-state index is 12.0. The van der Waals surface area contributed by atoms with Crippen molar-refractivity contribution in [3.8, 4) is 11.5 Å². The van der Waals surface area contributed by atoms with Crippen molar-refractivity contribution >= 4 is 40.8 Å². The molecule has 8 heteroatoms. The van der Waals surface area contributed by atoms with Crippen molar-refractivity contribution < 1.29 is 23.8 Å². The fourth-order valence-corrected chi connectivity index (χ4v) is 2.60. The second kappa shape index (κ2) is 9.48. The third kappa shape index (κ3) is 6.05. The van der Waals surface area contributed by atoms with Gasteiger partial charge in [-0.3, -0.25) is 4.79 Å². The van der Waals surface area contributed by atoms with Crippen LogP contribution in [0.4, 0.5) is 5.69 Å². The summed E-state index contributed by atoms with van der Waals surface area (Å²) in [5, 5.41) is 3.71. The van der Waals surface area contributed by atoms with E-state index in [1.807, 2.05) is 6.92 Å². The number of hydrogen-bond acceptors (Lipinski definition) is 5. The van der Waals surface area contributed by atoms with Crippen LogP contribution in [0, 0.1) is 13.8 Å². The van der Waals surface area contributed by atoms with Gasteiger partial charge in [-0.2, -0.15) is 0 Å². The first-order valence-corrected chi connectivity index (χ1v) is 8.74. The minimum Gasteiger partial charge on any atom is -0.495 e. The van der Waals surface area contributed by atoms with E-state index in [-0.39, 0.29) is 6.61 Å². The topological polar surface area (TPSA) is 73.9 Å². The second-order valence-corrected chi connectivity index (χ2v) is 6.55. The first-order chi connectivity index (χ1) is 12.8. The normalized spacial score (nSPS) is 10.3. The molecule has 144 valence electrons. The Bertz CT molecular complexity index is 854. The predicted molar refractivity (Wildman–Crippen MR) is 104 cm³/mol. The molecule has 2 aromatic carbocycles. The number of nitrogens with one attached hydrogen (secondary N) is 1. The molecular weight excluding hydrogens is 393 g/mol. The Balaban J connectivity index is 1.85. The standard InChI is InChI=1S/C19H19Cl2NO5/c1-11-7-15(17(25-3)8-14(11)21)22-18(23)9-27-19(24)10-26-16-5-4-13(20)6-12(16)2/h4-8H,9-10H2,1-3H3,(H,22,23). The van der Waals surface area contributed by atoms with E-state index in [0.717, 1.165) is 11.1 Å². The number of carbonyl (C=O) groups excluding carboxylic acids is 2. The van der Waals surface area contributed by atoms with Gasteiger partial charge in [-0.1, -0.05) is 23.2 Å². The van der Waals surface area contributed by atoms with Crippen LogP contribution in [0.25, 0.3) is 0 Å². The highest BCUT2D eigenvalue weighted by Crippen LogP contribution is 2.30. The average molecular weight is 412 g/mol. The van der Waals surface area contributed by atoms with Crippen molar-refractivity contribution in [2.75, 3.05) is 25.6 Å². The maximum Gasteiger partial charge on any atom is 0.344 e. The lowest BCUT2D eigenvalue weighted by Gasteiger charge is -2.13.